The van der Waals surface area contributed by atoms with Gasteiger partial charge in [-0.05, 0) is 42.7 Å². The predicted octanol–water partition coefficient (Wildman–Crippen LogP) is 3.47. The van der Waals surface area contributed by atoms with Gasteiger partial charge in [0.15, 0.2) is 0 Å². The Morgan fingerprint density at radius 3 is 2.74 bits per heavy atom. The summed E-state index contributed by atoms with van der Waals surface area (Å²) >= 11 is 0. The van der Waals surface area contributed by atoms with Crippen LogP contribution in [0.5, 0.6) is 5.75 Å². The smallest absolute Gasteiger partial charge is 0.317 e. The van der Waals surface area contributed by atoms with E-state index in [4.69, 9.17) is 4.74 Å². The van der Waals surface area contributed by atoms with Gasteiger partial charge >= 0.3 is 6.03 Å². The second-order valence-corrected chi connectivity index (χ2v) is 6.62. The van der Waals surface area contributed by atoms with Gasteiger partial charge in [0.05, 0.1) is 12.8 Å². The van der Waals surface area contributed by atoms with E-state index in [0.29, 0.717) is 23.5 Å². The number of hydrogen-bond acceptors (Lipinski definition) is 3. The van der Waals surface area contributed by atoms with Crippen molar-refractivity contribution in [1.29, 1.82) is 0 Å². The normalized spacial score (nSPS) is 16.5. The molecule has 0 aliphatic carbocycles. The molecule has 142 valence electrons. The number of nitrogens with zero attached hydrogens (tertiary/aromatic N) is 1. The number of carbonyl (C=O) groups is 2. The molecule has 3 rings (SSSR count). The van der Waals surface area contributed by atoms with E-state index in [1.165, 1.54) is 0 Å². The van der Waals surface area contributed by atoms with Crippen LogP contribution in [-0.4, -0.2) is 44.1 Å². The van der Waals surface area contributed by atoms with Crippen molar-refractivity contribution >= 4 is 17.6 Å². The van der Waals surface area contributed by atoms with Crippen LogP contribution < -0.4 is 15.4 Å². The van der Waals surface area contributed by atoms with Crippen LogP contribution in [0.25, 0.3) is 0 Å². The zero-order chi connectivity index (χ0) is 19.2. The molecule has 1 heterocycles. The van der Waals surface area contributed by atoms with Gasteiger partial charge in [-0.1, -0.05) is 24.3 Å². The van der Waals surface area contributed by atoms with Crippen molar-refractivity contribution < 1.29 is 14.3 Å². The standard InChI is InChI=1S/C21H25N3O3/c1-22-21(26)24-12-6-9-17(14-24)15-7-5-8-16(13-15)20(25)23-18-10-3-4-11-19(18)27-2/h3-5,7-8,10-11,13,17H,6,9,12,14H2,1-2H3,(H,22,26)(H,23,25)/t17-/m0/s1. The number of benzene rings is 2. The maximum absolute atomic E-state index is 12.7. The number of urea groups is 1. The minimum absolute atomic E-state index is 0.0511. The lowest BCUT2D eigenvalue weighted by Crippen LogP contribution is -2.43. The van der Waals surface area contributed by atoms with Crippen molar-refractivity contribution in [2.24, 2.45) is 0 Å². The molecule has 0 unspecified atom stereocenters. The number of anilines is 1. The van der Waals surface area contributed by atoms with E-state index in [-0.39, 0.29) is 17.9 Å². The van der Waals surface area contributed by atoms with Crippen molar-refractivity contribution in [3.8, 4) is 5.75 Å². The van der Waals surface area contributed by atoms with E-state index in [0.717, 1.165) is 24.9 Å². The van der Waals surface area contributed by atoms with Gasteiger partial charge in [0.2, 0.25) is 0 Å². The average molecular weight is 367 g/mol. The van der Waals surface area contributed by atoms with Gasteiger partial charge in [-0.2, -0.15) is 0 Å². The molecule has 2 aromatic rings. The van der Waals surface area contributed by atoms with Gasteiger partial charge in [-0.3, -0.25) is 4.79 Å². The lowest BCUT2D eigenvalue weighted by molar-refractivity contribution is 0.102. The van der Waals surface area contributed by atoms with Crippen molar-refractivity contribution in [3.05, 3.63) is 59.7 Å². The van der Waals surface area contributed by atoms with Crippen LogP contribution in [0.3, 0.4) is 0 Å². The SMILES string of the molecule is CNC(=O)N1CCC[C@H](c2cccc(C(=O)Nc3ccccc3OC)c2)C1. The summed E-state index contributed by atoms with van der Waals surface area (Å²) in [5.74, 6) is 0.672. The van der Waals surface area contributed by atoms with Crippen LogP contribution in [0.15, 0.2) is 48.5 Å². The lowest BCUT2D eigenvalue weighted by Gasteiger charge is -2.32. The third-order valence-corrected chi connectivity index (χ3v) is 4.90. The van der Waals surface area contributed by atoms with E-state index in [1.54, 1.807) is 26.3 Å². The molecule has 1 aliphatic heterocycles. The summed E-state index contributed by atoms with van der Waals surface area (Å²) in [7, 11) is 3.22. The number of likely N-dealkylation sites (tertiary alicyclic amines) is 1. The number of rotatable bonds is 4. The molecule has 27 heavy (non-hydrogen) atoms. The molecule has 6 nitrogen and oxygen atoms in total. The van der Waals surface area contributed by atoms with Crippen molar-refractivity contribution in [2.45, 2.75) is 18.8 Å². The van der Waals surface area contributed by atoms with Gasteiger partial charge in [-0.15, -0.1) is 0 Å². The quantitative estimate of drug-likeness (QED) is 0.869. The molecule has 3 amide bonds. The molecule has 1 fully saturated rings. The highest BCUT2D eigenvalue weighted by atomic mass is 16.5. The van der Waals surface area contributed by atoms with Gasteiger partial charge in [0, 0.05) is 31.6 Å². The average Bonchev–Trinajstić information content (AvgIpc) is 2.73. The van der Waals surface area contributed by atoms with Crippen LogP contribution in [-0.2, 0) is 0 Å². The first kappa shape index (κ1) is 18.8. The lowest BCUT2D eigenvalue weighted by atomic mass is 9.89. The molecule has 2 aromatic carbocycles. The molecule has 0 spiro atoms. The first-order chi connectivity index (χ1) is 13.1. The summed E-state index contributed by atoms with van der Waals surface area (Å²) in [5, 5.41) is 5.59. The van der Waals surface area contributed by atoms with Crippen LogP contribution >= 0.6 is 0 Å². The molecule has 0 saturated carbocycles. The molecular weight excluding hydrogens is 342 g/mol. The highest BCUT2D eigenvalue weighted by molar-refractivity contribution is 6.05. The Bertz CT molecular complexity index is 822. The Morgan fingerprint density at radius 1 is 1.15 bits per heavy atom. The molecule has 1 atom stereocenters. The van der Waals surface area contributed by atoms with Gasteiger partial charge in [-0.25, -0.2) is 4.79 Å². The number of piperidine rings is 1. The van der Waals surface area contributed by atoms with E-state index in [2.05, 4.69) is 10.6 Å². The summed E-state index contributed by atoms with van der Waals surface area (Å²) in [4.78, 5) is 26.4. The maximum atomic E-state index is 12.7. The van der Waals surface area contributed by atoms with E-state index in [1.807, 2.05) is 41.3 Å². The van der Waals surface area contributed by atoms with E-state index in [9.17, 15) is 9.59 Å². The summed E-state index contributed by atoms with van der Waals surface area (Å²) in [6.07, 6.45) is 1.96. The second-order valence-electron chi connectivity index (χ2n) is 6.62. The van der Waals surface area contributed by atoms with Crippen molar-refractivity contribution in [3.63, 3.8) is 0 Å². The Balaban J connectivity index is 1.75. The fourth-order valence-corrected chi connectivity index (χ4v) is 3.47. The number of ether oxygens (including phenoxy) is 1. The zero-order valence-electron chi connectivity index (χ0n) is 15.7. The van der Waals surface area contributed by atoms with Gasteiger partial charge in [0.25, 0.3) is 5.91 Å². The van der Waals surface area contributed by atoms with Gasteiger partial charge < -0.3 is 20.3 Å². The number of carbonyl (C=O) groups excluding carboxylic acids is 2. The number of amides is 3. The van der Waals surface area contributed by atoms with Crippen molar-refractivity contribution in [1.82, 2.24) is 10.2 Å². The molecule has 1 saturated heterocycles. The summed E-state index contributed by atoms with van der Waals surface area (Å²) in [6.45, 7) is 1.43. The molecule has 6 heteroatoms. The molecule has 0 radical (unpaired) electrons. The highest BCUT2D eigenvalue weighted by Gasteiger charge is 2.24. The second kappa shape index (κ2) is 8.58. The number of para-hydroxylation sites is 2. The summed E-state index contributed by atoms with van der Waals surface area (Å²) in [6, 6.07) is 14.9. The van der Waals surface area contributed by atoms with Crippen molar-refractivity contribution in [2.75, 3.05) is 32.6 Å². The molecular formula is C21H25N3O3. The topological polar surface area (TPSA) is 70.7 Å². The predicted molar refractivity (Wildman–Crippen MR) is 105 cm³/mol. The van der Waals surface area contributed by atoms with Crippen LogP contribution in [0.2, 0.25) is 0 Å². The summed E-state index contributed by atoms with van der Waals surface area (Å²) < 4.78 is 5.29. The Kier molecular flexibility index (Phi) is 5.96. The molecule has 1 aliphatic rings. The molecule has 2 N–H and O–H groups in total. The Labute approximate surface area is 159 Å². The maximum Gasteiger partial charge on any atom is 0.317 e. The minimum atomic E-state index is -0.180. The fourth-order valence-electron chi connectivity index (χ4n) is 3.47. The summed E-state index contributed by atoms with van der Waals surface area (Å²) in [5.41, 5.74) is 2.31. The van der Waals surface area contributed by atoms with Gasteiger partial charge in [0.1, 0.15) is 5.75 Å². The van der Waals surface area contributed by atoms with Crippen LogP contribution in [0.4, 0.5) is 10.5 Å². The largest absolute Gasteiger partial charge is 0.495 e. The van der Waals surface area contributed by atoms with Crippen LogP contribution in [0, 0.1) is 0 Å². The number of hydrogen-bond donors (Lipinski definition) is 2. The van der Waals surface area contributed by atoms with E-state index >= 15 is 0 Å². The van der Waals surface area contributed by atoms with E-state index < -0.39 is 0 Å². The van der Waals surface area contributed by atoms with Crippen LogP contribution in [0.1, 0.15) is 34.7 Å². The zero-order valence-corrected chi connectivity index (χ0v) is 15.7. The fraction of sp³-hybridized carbons (Fsp3) is 0.333. The number of nitrogens with one attached hydrogen (secondary N) is 2. The number of methoxy groups -OCH3 is 1. The first-order valence-corrected chi connectivity index (χ1v) is 9.13. The Hall–Kier alpha value is -3.02. The molecule has 0 bridgehead atoms. The minimum Gasteiger partial charge on any atom is -0.495 e. The third kappa shape index (κ3) is 4.39. The monoisotopic (exact) mass is 367 g/mol. The molecule has 0 aromatic heterocycles. The first-order valence-electron chi connectivity index (χ1n) is 9.13. The highest BCUT2D eigenvalue weighted by Crippen LogP contribution is 2.28. The third-order valence-electron chi connectivity index (χ3n) is 4.90. The Morgan fingerprint density at radius 2 is 1.96 bits per heavy atom.